The number of nitrogens with zero attached hydrogens (tertiary/aromatic N) is 5. The molecule has 0 saturated carbocycles. The molecule has 3 rings (SSSR count). The Bertz CT molecular complexity index is 895. The number of aromatic nitrogens is 4. The first-order chi connectivity index (χ1) is 11.5. The molecule has 0 aliphatic rings. The molecule has 0 fully saturated rings. The minimum Gasteiger partial charge on any atom is -0.382 e. The fourth-order valence-corrected chi connectivity index (χ4v) is 2.40. The lowest BCUT2D eigenvalue weighted by Gasteiger charge is -2.17. The largest absolute Gasteiger partial charge is 0.382 e. The van der Waals surface area contributed by atoms with Gasteiger partial charge in [0.05, 0.1) is 17.6 Å². The van der Waals surface area contributed by atoms with Gasteiger partial charge in [0, 0.05) is 19.4 Å². The average Bonchev–Trinajstić information content (AvgIpc) is 2.92. The lowest BCUT2D eigenvalue weighted by molar-refractivity contribution is 0.0644. The number of carbonyl (C=O) groups is 1. The molecule has 0 saturated heterocycles. The van der Waals surface area contributed by atoms with Crippen molar-refractivity contribution in [2.45, 2.75) is 13.1 Å². The van der Waals surface area contributed by atoms with E-state index in [1.165, 1.54) is 24.3 Å². The van der Waals surface area contributed by atoms with E-state index < -0.39 is 12.5 Å². The molecule has 0 bridgehead atoms. The fourth-order valence-electron chi connectivity index (χ4n) is 2.40. The van der Waals surface area contributed by atoms with Gasteiger partial charge in [-0.2, -0.15) is 8.78 Å². The van der Waals surface area contributed by atoms with E-state index in [0.29, 0.717) is 11.0 Å². The van der Waals surface area contributed by atoms with E-state index in [-0.39, 0.29) is 23.9 Å². The van der Waals surface area contributed by atoms with Gasteiger partial charge in [0.2, 0.25) is 0 Å². The van der Waals surface area contributed by atoms with Gasteiger partial charge in [-0.1, -0.05) is 12.1 Å². The molecule has 9 heteroatoms. The third kappa shape index (κ3) is 2.75. The fraction of sp³-hybridized carbons (Fsp3) is 0.200. The summed E-state index contributed by atoms with van der Waals surface area (Å²) in [5, 5.41) is 0. The average molecular weight is 332 g/mol. The molecule has 1 amide bonds. The lowest BCUT2D eigenvalue weighted by atomic mass is 10.3. The third-order valence-electron chi connectivity index (χ3n) is 3.52. The van der Waals surface area contributed by atoms with Crippen LogP contribution in [0.1, 0.15) is 22.9 Å². The van der Waals surface area contributed by atoms with Crippen LogP contribution in [0.15, 0.2) is 36.7 Å². The molecule has 2 N–H and O–H groups in total. The zero-order valence-corrected chi connectivity index (χ0v) is 12.7. The van der Waals surface area contributed by atoms with E-state index in [2.05, 4.69) is 15.0 Å². The minimum atomic E-state index is -2.77. The van der Waals surface area contributed by atoms with E-state index in [1.807, 2.05) is 0 Å². The van der Waals surface area contributed by atoms with Crippen molar-refractivity contribution in [1.82, 2.24) is 24.4 Å². The summed E-state index contributed by atoms with van der Waals surface area (Å²) >= 11 is 0. The third-order valence-corrected chi connectivity index (χ3v) is 3.52. The summed E-state index contributed by atoms with van der Waals surface area (Å²) in [5.41, 5.74) is 6.35. The SMILES string of the molecule is CN(Cc1nc2ccccc2n1C(F)F)C(=O)c1nccnc1N. The Hall–Kier alpha value is -3.10. The van der Waals surface area contributed by atoms with E-state index >= 15 is 0 Å². The number of hydrogen-bond acceptors (Lipinski definition) is 5. The topological polar surface area (TPSA) is 89.9 Å². The molecule has 0 unspecified atom stereocenters. The number of halogens is 2. The zero-order chi connectivity index (χ0) is 17.3. The van der Waals surface area contributed by atoms with Crippen molar-refractivity contribution in [3.8, 4) is 0 Å². The van der Waals surface area contributed by atoms with Crippen LogP contribution in [0.25, 0.3) is 11.0 Å². The molecule has 1 aromatic carbocycles. The van der Waals surface area contributed by atoms with Gasteiger partial charge in [0.1, 0.15) is 5.82 Å². The predicted octanol–water partition coefficient (Wildman–Crippen LogP) is 2.08. The number of carbonyl (C=O) groups excluding carboxylic acids is 1. The Balaban J connectivity index is 1.93. The van der Waals surface area contributed by atoms with E-state index in [4.69, 9.17) is 5.73 Å². The van der Waals surface area contributed by atoms with E-state index in [0.717, 1.165) is 4.57 Å². The number of para-hydroxylation sites is 2. The Kier molecular flexibility index (Phi) is 4.07. The lowest BCUT2D eigenvalue weighted by Crippen LogP contribution is -2.29. The molecule has 24 heavy (non-hydrogen) atoms. The summed E-state index contributed by atoms with van der Waals surface area (Å²) in [6.45, 7) is -2.88. The van der Waals surface area contributed by atoms with Crippen LogP contribution in [-0.2, 0) is 6.54 Å². The normalized spacial score (nSPS) is 11.2. The van der Waals surface area contributed by atoms with Crippen molar-refractivity contribution in [3.63, 3.8) is 0 Å². The minimum absolute atomic E-state index is 0.0169. The molecular weight excluding hydrogens is 318 g/mol. The number of hydrogen-bond donors (Lipinski definition) is 1. The summed E-state index contributed by atoms with van der Waals surface area (Å²) in [4.78, 5) is 25.5. The summed E-state index contributed by atoms with van der Waals surface area (Å²) < 4.78 is 27.6. The summed E-state index contributed by atoms with van der Waals surface area (Å²) in [6.07, 6.45) is 2.70. The predicted molar refractivity (Wildman–Crippen MR) is 83.2 cm³/mol. The number of nitrogen functional groups attached to an aromatic ring is 1. The smallest absolute Gasteiger partial charge is 0.320 e. The first-order valence-corrected chi connectivity index (χ1v) is 7.05. The van der Waals surface area contributed by atoms with Gasteiger partial charge in [0.25, 0.3) is 5.91 Å². The second kappa shape index (κ2) is 6.19. The summed E-state index contributed by atoms with van der Waals surface area (Å²) in [5.74, 6) is -0.463. The summed E-state index contributed by atoms with van der Waals surface area (Å²) in [6, 6.07) is 6.56. The van der Waals surface area contributed by atoms with Gasteiger partial charge in [-0.05, 0) is 12.1 Å². The van der Waals surface area contributed by atoms with Crippen LogP contribution in [0.5, 0.6) is 0 Å². The maximum absolute atomic E-state index is 13.4. The van der Waals surface area contributed by atoms with Gasteiger partial charge < -0.3 is 10.6 Å². The van der Waals surface area contributed by atoms with Gasteiger partial charge in [-0.15, -0.1) is 0 Å². The Labute approximate surface area is 135 Å². The highest BCUT2D eigenvalue weighted by Gasteiger charge is 2.22. The maximum atomic E-state index is 13.4. The molecule has 0 radical (unpaired) electrons. The van der Waals surface area contributed by atoms with Crippen molar-refractivity contribution < 1.29 is 13.6 Å². The Morgan fingerprint density at radius 1 is 1.29 bits per heavy atom. The van der Waals surface area contributed by atoms with E-state index in [1.54, 1.807) is 24.3 Å². The molecule has 0 spiro atoms. The number of anilines is 1. The van der Waals surface area contributed by atoms with Gasteiger partial charge in [-0.25, -0.2) is 15.0 Å². The number of imidazole rings is 1. The molecule has 3 aromatic rings. The molecular formula is C15H14F2N6O. The zero-order valence-electron chi connectivity index (χ0n) is 12.7. The van der Waals surface area contributed by atoms with Crippen molar-refractivity contribution in [2.75, 3.05) is 12.8 Å². The van der Waals surface area contributed by atoms with Crippen LogP contribution in [0.3, 0.4) is 0 Å². The maximum Gasteiger partial charge on any atom is 0.320 e. The highest BCUT2D eigenvalue weighted by Crippen LogP contribution is 2.24. The number of fused-ring (bicyclic) bond motifs is 1. The van der Waals surface area contributed by atoms with Crippen LogP contribution in [0.4, 0.5) is 14.6 Å². The molecule has 124 valence electrons. The number of benzene rings is 1. The van der Waals surface area contributed by atoms with Crippen molar-refractivity contribution in [2.24, 2.45) is 0 Å². The van der Waals surface area contributed by atoms with Gasteiger partial charge >= 0.3 is 6.55 Å². The first-order valence-electron chi connectivity index (χ1n) is 7.05. The molecule has 2 aromatic heterocycles. The summed E-state index contributed by atoms with van der Waals surface area (Å²) in [7, 11) is 1.46. The molecule has 0 aliphatic heterocycles. The van der Waals surface area contributed by atoms with E-state index in [9.17, 15) is 13.6 Å². The standard InChI is InChI=1S/C15H14F2N6O/c1-22(14(24)12-13(18)20-7-6-19-12)8-11-21-9-4-2-3-5-10(9)23(11)15(16)17/h2-7,15H,8H2,1H3,(H2,18,20). The monoisotopic (exact) mass is 332 g/mol. The number of rotatable bonds is 4. The second-order valence-electron chi connectivity index (χ2n) is 5.12. The highest BCUT2D eigenvalue weighted by atomic mass is 19.3. The molecule has 7 nitrogen and oxygen atoms in total. The van der Waals surface area contributed by atoms with Crippen molar-refractivity contribution in [3.05, 3.63) is 48.2 Å². The number of alkyl halides is 2. The molecule has 0 atom stereocenters. The number of amides is 1. The molecule has 0 aliphatic carbocycles. The van der Waals surface area contributed by atoms with Crippen LogP contribution in [0, 0.1) is 0 Å². The van der Waals surface area contributed by atoms with Gasteiger partial charge in [-0.3, -0.25) is 9.36 Å². The Morgan fingerprint density at radius 2 is 2.00 bits per heavy atom. The van der Waals surface area contributed by atoms with Gasteiger partial charge in [0.15, 0.2) is 11.5 Å². The number of nitrogens with two attached hydrogens (primary N) is 1. The Morgan fingerprint density at radius 3 is 2.71 bits per heavy atom. The van der Waals surface area contributed by atoms with Crippen LogP contribution >= 0.6 is 0 Å². The highest BCUT2D eigenvalue weighted by molar-refractivity contribution is 5.96. The van der Waals surface area contributed by atoms with Crippen LogP contribution in [0.2, 0.25) is 0 Å². The van der Waals surface area contributed by atoms with Crippen LogP contribution in [-0.4, -0.2) is 37.4 Å². The quantitative estimate of drug-likeness (QED) is 0.790. The molecule has 2 heterocycles. The van der Waals surface area contributed by atoms with Crippen molar-refractivity contribution >= 4 is 22.8 Å². The van der Waals surface area contributed by atoms with Crippen molar-refractivity contribution in [1.29, 1.82) is 0 Å². The van der Waals surface area contributed by atoms with Crippen LogP contribution < -0.4 is 5.73 Å². The second-order valence-corrected chi connectivity index (χ2v) is 5.12. The first kappa shape index (κ1) is 15.8.